The molecule has 0 aromatic rings. The average Bonchev–Trinajstić information content (AvgIpc) is 2.65. The van der Waals surface area contributed by atoms with Gasteiger partial charge >= 0.3 is 0 Å². The minimum absolute atomic E-state index is 0.0434. The van der Waals surface area contributed by atoms with E-state index in [0.717, 1.165) is 19.4 Å². The molecule has 1 fully saturated rings. The van der Waals surface area contributed by atoms with Crippen molar-refractivity contribution in [2.24, 2.45) is 0 Å². The number of nitrogens with zero attached hydrogens (tertiary/aromatic N) is 1. The fourth-order valence-corrected chi connectivity index (χ4v) is 1.50. The molecule has 4 heteroatoms. The molecule has 1 N–H and O–H groups in total. The van der Waals surface area contributed by atoms with E-state index >= 15 is 0 Å². The van der Waals surface area contributed by atoms with Crippen molar-refractivity contribution in [2.75, 3.05) is 33.9 Å². The lowest BCUT2D eigenvalue weighted by molar-refractivity contribution is -0.132. The van der Waals surface area contributed by atoms with Crippen LogP contribution < -0.4 is 5.32 Å². The van der Waals surface area contributed by atoms with Crippen LogP contribution in [0.25, 0.3) is 0 Å². The molecule has 0 aliphatic carbocycles. The Hall–Kier alpha value is -0.610. The predicted octanol–water partition coefficient (Wildman–Crippen LogP) is -0.157. The number of hydrogen-bond donors (Lipinski definition) is 1. The van der Waals surface area contributed by atoms with E-state index in [2.05, 4.69) is 5.32 Å². The number of nitrogens with one attached hydrogen (secondary N) is 1. The normalized spacial score (nSPS) is 21.8. The van der Waals surface area contributed by atoms with Crippen LogP contribution in [0.4, 0.5) is 0 Å². The first-order valence-electron chi connectivity index (χ1n) is 4.73. The Labute approximate surface area is 79.2 Å². The van der Waals surface area contributed by atoms with Crippen LogP contribution >= 0.6 is 0 Å². The highest BCUT2D eigenvalue weighted by molar-refractivity contribution is 5.81. The van der Waals surface area contributed by atoms with Crippen LogP contribution in [0.5, 0.6) is 0 Å². The van der Waals surface area contributed by atoms with Crippen molar-refractivity contribution >= 4 is 5.91 Å². The fourth-order valence-electron chi connectivity index (χ4n) is 1.50. The Morgan fingerprint density at radius 3 is 3.00 bits per heavy atom. The average molecular weight is 186 g/mol. The number of methoxy groups -OCH3 is 1. The molecule has 76 valence electrons. The van der Waals surface area contributed by atoms with Crippen LogP contribution in [0.3, 0.4) is 0 Å². The molecular weight excluding hydrogens is 168 g/mol. The summed E-state index contributed by atoms with van der Waals surface area (Å²) in [6.45, 7) is 2.25. The first-order chi connectivity index (χ1) is 6.25. The standard InChI is InChI=1S/C9H18N2O2/c1-11(6-7-13-2)9(12)8-4-3-5-10-8/h8,10H,3-7H2,1-2H3/t8-/m1/s1. The second-order valence-electron chi connectivity index (χ2n) is 3.40. The van der Waals surface area contributed by atoms with Gasteiger partial charge in [0.2, 0.25) is 5.91 Å². The third-order valence-electron chi connectivity index (χ3n) is 2.37. The van der Waals surface area contributed by atoms with E-state index in [0.29, 0.717) is 13.2 Å². The monoisotopic (exact) mass is 186 g/mol. The van der Waals surface area contributed by atoms with E-state index in [1.807, 2.05) is 7.05 Å². The molecule has 0 aromatic heterocycles. The van der Waals surface area contributed by atoms with Gasteiger partial charge in [0.05, 0.1) is 12.6 Å². The molecule has 1 amide bonds. The van der Waals surface area contributed by atoms with Crippen LogP contribution in [-0.4, -0.2) is 50.7 Å². The summed E-state index contributed by atoms with van der Waals surface area (Å²) in [6.07, 6.45) is 2.07. The fraction of sp³-hybridized carbons (Fsp3) is 0.889. The highest BCUT2D eigenvalue weighted by atomic mass is 16.5. The molecule has 0 aromatic carbocycles. The number of carbonyl (C=O) groups is 1. The van der Waals surface area contributed by atoms with Crippen molar-refractivity contribution in [3.05, 3.63) is 0 Å². The Kier molecular flexibility index (Phi) is 4.18. The van der Waals surface area contributed by atoms with Gasteiger partial charge in [0, 0.05) is 20.7 Å². The van der Waals surface area contributed by atoms with Gasteiger partial charge in [-0.05, 0) is 19.4 Å². The lowest BCUT2D eigenvalue weighted by Crippen LogP contribution is -2.42. The van der Waals surface area contributed by atoms with Crippen LogP contribution in [0.2, 0.25) is 0 Å². The third kappa shape index (κ3) is 2.97. The van der Waals surface area contributed by atoms with Crippen LogP contribution in [0.1, 0.15) is 12.8 Å². The molecule has 1 rings (SSSR count). The molecule has 4 nitrogen and oxygen atoms in total. The van der Waals surface area contributed by atoms with E-state index in [-0.39, 0.29) is 11.9 Å². The van der Waals surface area contributed by atoms with Gasteiger partial charge in [-0.25, -0.2) is 0 Å². The van der Waals surface area contributed by atoms with E-state index < -0.39 is 0 Å². The van der Waals surface area contributed by atoms with Gasteiger partial charge in [-0.2, -0.15) is 0 Å². The maximum atomic E-state index is 11.7. The Balaban J connectivity index is 2.28. The SMILES string of the molecule is COCCN(C)C(=O)[C@H]1CCCN1. The van der Waals surface area contributed by atoms with Crippen molar-refractivity contribution in [1.82, 2.24) is 10.2 Å². The molecule has 1 saturated heterocycles. The topological polar surface area (TPSA) is 41.6 Å². The highest BCUT2D eigenvalue weighted by Gasteiger charge is 2.24. The number of carbonyl (C=O) groups excluding carboxylic acids is 1. The summed E-state index contributed by atoms with van der Waals surface area (Å²) >= 11 is 0. The smallest absolute Gasteiger partial charge is 0.239 e. The molecule has 1 aliphatic rings. The summed E-state index contributed by atoms with van der Waals surface area (Å²) in [5.41, 5.74) is 0. The molecule has 0 unspecified atom stereocenters. The maximum absolute atomic E-state index is 11.7. The van der Waals surface area contributed by atoms with Gasteiger partial charge in [-0.15, -0.1) is 0 Å². The first-order valence-corrected chi connectivity index (χ1v) is 4.73. The molecule has 1 aliphatic heterocycles. The van der Waals surface area contributed by atoms with Gasteiger partial charge in [-0.3, -0.25) is 4.79 Å². The van der Waals surface area contributed by atoms with E-state index in [4.69, 9.17) is 4.74 Å². The largest absolute Gasteiger partial charge is 0.383 e. The van der Waals surface area contributed by atoms with Gasteiger partial charge in [-0.1, -0.05) is 0 Å². The summed E-state index contributed by atoms with van der Waals surface area (Å²) < 4.78 is 4.91. The van der Waals surface area contributed by atoms with E-state index in [1.165, 1.54) is 0 Å². The summed E-state index contributed by atoms with van der Waals surface area (Å²) in [4.78, 5) is 13.4. The van der Waals surface area contributed by atoms with Crippen LogP contribution in [0.15, 0.2) is 0 Å². The molecule has 0 saturated carbocycles. The zero-order valence-electron chi connectivity index (χ0n) is 8.38. The minimum atomic E-state index is 0.0434. The zero-order chi connectivity index (χ0) is 9.68. The molecule has 0 bridgehead atoms. The van der Waals surface area contributed by atoms with Gasteiger partial charge in [0.25, 0.3) is 0 Å². The quantitative estimate of drug-likeness (QED) is 0.663. The highest BCUT2D eigenvalue weighted by Crippen LogP contribution is 2.07. The number of rotatable bonds is 4. The maximum Gasteiger partial charge on any atom is 0.239 e. The van der Waals surface area contributed by atoms with Crippen molar-refractivity contribution in [3.8, 4) is 0 Å². The van der Waals surface area contributed by atoms with Crippen molar-refractivity contribution < 1.29 is 9.53 Å². The first kappa shape index (κ1) is 10.5. The molecule has 1 atom stereocenters. The van der Waals surface area contributed by atoms with Crippen LogP contribution in [-0.2, 0) is 9.53 Å². The van der Waals surface area contributed by atoms with Gasteiger partial charge < -0.3 is 15.0 Å². The predicted molar refractivity (Wildman–Crippen MR) is 50.5 cm³/mol. The number of amides is 1. The Morgan fingerprint density at radius 2 is 2.46 bits per heavy atom. The lowest BCUT2D eigenvalue weighted by Gasteiger charge is -2.20. The molecule has 0 spiro atoms. The molecule has 13 heavy (non-hydrogen) atoms. The van der Waals surface area contributed by atoms with E-state index in [9.17, 15) is 4.79 Å². The summed E-state index contributed by atoms with van der Waals surface area (Å²) in [6, 6.07) is 0.0434. The second-order valence-corrected chi connectivity index (χ2v) is 3.40. The minimum Gasteiger partial charge on any atom is -0.383 e. The Morgan fingerprint density at radius 1 is 1.69 bits per heavy atom. The zero-order valence-corrected chi connectivity index (χ0v) is 8.38. The van der Waals surface area contributed by atoms with Crippen LogP contribution in [0, 0.1) is 0 Å². The summed E-state index contributed by atoms with van der Waals surface area (Å²) in [5, 5.41) is 3.18. The van der Waals surface area contributed by atoms with Crippen molar-refractivity contribution in [1.29, 1.82) is 0 Å². The number of likely N-dealkylation sites (N-methyl/N-ethyl adjacent to an activating group) is 1. The third-order valence-corrected chi connectivity index (χ3v) is 2.37. The Bertz CT molecular complexity index is 167. The lowest BCUT2D eigenvalue weighted by atomic mass is 10.2. The number of ether oxygens (including phenoxy) is 1. The van der Waals surface area contributed by atoms with Gasteiger partial charge in [0.1, 0.15) is 0 Å². The van der Waals surface area contributed by atoms with Gasteiger partial charge in [0.15, 0.2) is 0 Å². The second kappa shape index (κ2) is 5.19. The molecule has 0 radical (unpaired) electrons. The summed E-state index contributed by atoms with van der Waals surface area (Å²) in [5.74, 6) is 0.189. The van der Waals surface area contributed by atoms with Crippen molar-refractivity contribution in [2.45, 2.75) is 18.9 Å². The molecule has 1 heterocycles. The summed E-state index contributed by atoms with van der Waals surface area (Å²) in [7, 11) is 3.47. The number of hydrogen-bond acceptors (Lipinski definition) is 3. The molecular formula is C9H18N2O2. The van der Waals surface area contributed by atoms with E-state index in [1.54, 1.807) is 12.0 Å². The van der Waals surface area contributed by atoms with Crippen molar-refractivity contribution in [3.63, 3.8) is 0 Å².